The molecule has 1 aliphatic heterocycles. The minimum absolute atomic E-state index is 0.130. The predicted molar refractivity (Wildman–Crippen MR) is 124 cm³/mol. The number of alkyl carbamates (subject to hydrolysis) is 1. The van der Waals surface area contributed by atoms with Crippen LogP contribution in [0.15, 0.2) is 35.8 Å². The third-order valence-electron chi connectivity index (χ3n) is 5.29. The van der Waals surface area contributed by atoms with Gasteiger partial charge in [-0.3, -0.25) is 15.0 Å². The van der Waals surface area contributed by atoms with Gasteiger partial charge in [-0.25, -0.2) is 9.79 Å². The predicted octanol–water partition coefficient (Wildman–Crippen LogP) is 4.43. The average molecular weight is 446 g/mol. The Bertz CT molecular complexity index is 875. The van der Waals surface area contributed by atoms with Crippen molar-refractivity contribution in [2.24, 2.45) is 4.99 Å². The molecule has 0 bridgehead atoms. The van der Waals surface area contributed by atoms with E-state index in [1.807, 2.05) is 19.1 Å². The van der Waals surface area contributed by atoms with Crippen molar-refractivity contribution in [3.05, 3.63) is 36.4 Å². The Kier molecular flexibility index (Phi) is 8.30. The fourth-order valence-corrected chi connectivity index (χ4v) is 3.52. The van der Waals surface area contributed by atoms with Crippen LogP contribution in [0.1, 0.15) is 58.9 Å². The maximum atomic E-state index is 13.3. The van der Waals surface area contributed by atoms with E-state index < -0.39 is 17.2 Å². The second kappa shape index (κ2) is 10.5. The van der Waals surface area contributed by atoms with Crippen molar-refractivity contribution in [3.63, 3.8) is 0 Å². The molecule has 0 aromatic heterocycles. The largest absolute Gasteiger partial charge is 0.497 e. The highest BCUT2D eigenvalue weighted by Gasteiger charge is 2.40. The number of allylic oxidation sites excluding steroid dienone is 1. The van der Waals surface area contributed by atoms with Crippen LogP contribution in [0.3, 0.4) is 0 Å². The third-order valence-corrected chi connectivity index (χ3v) is 5.29. The van der Waals surface area contributed by atoms with Crippen molar-refractivity contribution >= 4 is 18.0 Å². The van der Waals surface area contributed by atoms with Crippen LogP contribution in [-0.4, -0.2) is 48.2 Å². The number of aliphatic imine (C=N–C) groups is 1. The molecule has 176 valence electrons. The fraction of sp³-hybridized carbons (Fsp3) is 0.542. The topological polar surface area (TPSA) is 89.5 Å². The summed E-state index contributed by atoms with van der Waals surface area (Å²) in [6, 6.07) is 5.38. The molecular weight excluding hydrogens is 410 g/mol. The van der Waals surface area contributed by atoms with Gasteiger partial charge in [0, 0.05) is 11.6 Å². The van der Waals surface area contributed by atoms with Gasteiger partial charge >= 0.3 is 6.09 Å². The molecule has 1 N–H and O–H groups in total. The molecule has 1 unspecified atom stereocenters. The molecule has 2 amide bonds. The molecule has 0 spiro atoms. The quantitative estimate of drug-likeness (QED) is 0.598. The van der Waals surface area contributed by atoms with Gasteiger partial charge in [-0.2, -0.15) is 0 Å². The summed E-state index contributed by atoms with van der Waals surface area (Å²) < 4.78 is 16.1. The van der Waals surface area contributed by atoms with E-state index in [0.29, 0.717) is 24.3 Å². The van der Waals surface area contributed by atoms with Crippen molar-refractivity contribution < 1.29 is 23.8 Å². The maximum absolute atomic E-state index is 13.3. The molecule has 1 aliphatic rings. The number of guanidine groups is 1. The Balaban J connectivity index is 2.43. The molecule has 32 heavy (non-hydrogen) atoms. The lowest BCUT2D eigenvalue weighted by Gasteiger charge is -2.38. The van der Waals surface area contributed by atoms with E-state index in [0.717, 1.165) is 12.0 Å². The highest BCUT2D eigenvalue weighted by molar-refractivity contribution is 6.05. The van der Waals surface area contributed by atoms with E-state index in [1.165, 1.54) is 4.90 Å². The summed E-state index contributed by atoms with van der Waals surface area (Å²) in [5.74, 6) is 1.27. The van der Waals surface area contributed by atoms with Crippen molar-refractivity contribution in [1.82, 2.24) is 10.2 Å². The van der Waals surface area contributed by atoms with Gasteiger partial charge in [0.05, 0.1) is 32.7 Å². The standard InChI is InChI=1S/C24H35N3O5/c1-8-10-13-24(9-2)15-20(28)27(21(26-24)25-22(29)32-23(3,4)5)16-17-11-12-18(30-6)14-19(17)31-7/h8,11-12,14H,1,9-10,13,15-16H2,2-7H3,(H,25,26,29). The molecule has 8 heteroatoms. The number of amides is 2. The summed E-state index contributed by atoms with van der Waals surface area (Å²) in [6.07, 6.45) is 3.44. The first-order valence-corrected chi connectivity index (χ1v) is 10.8. The Hall–Kier alpha value is -3.03. The molecule has 0 radical (unpaired) electrons. The van der Waals surface area contributed by atoms with Gasteiger partial charge in [0.25, 0.3) is 0 Å². The molecule has 0 fully saturated rings. The van der Waals surface area contributed by atoms with Gasteiger partial charge in [-0.05, 0) is 52.2 Å². The molecule has 1 aromatic rings. The molecule has 0 saturated carbocycles. The third kappa shape index (κ3) is 6.48. The second-order valence-corrected chi connectivity index (χ2v) is 8.80. The van der Waals surface area contributed by atoms with Crippen LogP contribution in [0.5, 0.6) is 11.5 Å². The molecule has 1 aromatic carbocycles. The number of nitrogens with zero attached hydrogens (tertiary/aromatic N) is 2. The molecule has 0 aliphatic carbocycles. The zero-order valence-electron chi connectivity index (χ0n) is 20.0. The fourth-order valence-electron chi connectivity index (χ4n) is 3.52. The number of methoxy groups -OCH3 is 2. The molecule has 0 saturated heterocycles. The van der Waals surface area contributed by atoms with E-state index >= 15 is 0 Å². The van der Waals surface area contributed by atoms with E-state index in [-0.39, 0.29) is 24.8 Å². The summed E-state index contributed by atoms with van der Waals surface area (Å²) in [5.41, 5.74) is -0.524. The first-order valence-electron chi connectivity index (χ1n) is 10.8. The van der Waals surface area contributed by atoms with E-state index in [2.05, 4.69) is 11.9 Å². The molecular formula is C24H35N3O5. The van der Waals surface area contributed by atoms with E-state index in [9.17, 15) is 9.59 Å². The average Bonchev–Trinajstić information content (AvgIpc) is 2.73. The Morgan fingerprint density at radius 3 is 2.59 bits per heavy atom. The van der Waals surface area contributed by atoms with Crippen LogP contribution >= 0.6 is 0 Å². The summed E-state index contributed by atoms with van der Waals surface area (Å²) in [7, 11) is 3.13. The van der Waals surface area contributed by atoms with Gasteiger partial charge in [0.15, 0.2) is 0 Å². The summed E-state index contributed by atoms with van der Waals surface area (Å²) in [5, 5.41) is 2.70. The molecule has 1 atom stereocenters. The number of hydrogen-bond acceptors (Lipinski definition) is 6. The first-order chi connectivity index (χ1) is 15.1. The maximum Gasteiger partial charge on any atom is 0.414 e. The zero-order valence-corrected chi connectivity index (χ0v) is 20.0. The van der Waals surface area contributed by atoms with Crippen LogP contribution in [-0.2, 0) is 16.1 Å². The van der Waals surface area contributed by atoms with Crippen LogP contribution in [0, 0.1) is 0 Å². The minimum Gasteiger partial charge on any atom is -0.497 e. The van der Waals surface area contributed by atoms with Gasteiger partial charge in [-0.15, -0.1) is 6.58 Å². The number of benzene rings is 1. The number of nitrogens with one attached hydrogen (secondary N) is 1. The zero-order chi connectivity index (χ0) is 23.9. The van der Waals surface area contributed by atoms with Crippen LogP contribution in [0.2, 0.25) is 0 Å². The van der Waals surface area contributed by atoms with Gasteiger partial charge < -0.3 is 14.2 Å². The van der Waals surface area contributed by atoms with E-state index in [4.69, 9.17) is 19.2 Å². The van der Waals surface area contributed by atoms with Crippen LogP contribution in [0.25, 0.3) is 0 Å². The summed E-state index contributed by atoms with van der Waals surface area (Å²) in [6.45, 7) is 11.3. The van der Waals surface area contributed by atoms with Gasteiger partial charge in [0.1, 0.15) is 17.1 Å². The number of ether oxygens (including phenoxy) is 3. The Morgan fingerprint density at radius 1 is 1.31 bits per heavy atom. The lowest BCUT2D eigenvalue weighted by Crippen LogP contribution is -2.54. The number of rotatable bonds is 8. The van der Waals surface area contributed by atoms with Crippen LogP contribution in [0.4, 0.5) is 4.79 Å². The highest BCUT2D eigenvalue weighted by atomic mass is 16.6. The lowest BCUT2D eigenvalue weighted by molar-refractivity contribution is -0.130. The molecule has 2 rings (SSSR count). The smallest absolute Gasteiger partial charge is 0.414 e. The first kappa shape index (κ1) is 25.2. The summed E-state index contributed by atoms with van der Waals surface area (Å²) >= 11 is 0. The number of carbonyl (C=O) groups is 2. The Morgan fingerprint density at radius 2 is 2.03 bits per heavy atom. The van der Waals surface area contributed by atoms with E-state index in [1.54, 1.807) is 47.1 Å². The second-order valence-electron chi connectivity index (χ2n) is 8.80. The normalized spacial score (nSPS) is 18.6. The van der Waals surface area contributed by atoms with Crippen molar-refractivity contribution in [3.8, 4) is 11.5 Å². The summed E-state index contributed by atoms with van der Waals surface area (Å²) in [4.78, 5) is 32.2. The lowest BCUT2D eigenvalue weighted by atomic mass is 9.86. The molecule has 8 nitrogen and oxygen atoms in total. The monoisotopic (exact) mass is 445 g/mol. The SMILES string of the molecule is C=CCCC1(CC)CC(=O)N(Cc2ccc(OC)cc2OC)C(NC(=O)OC(C)(C)C)=N1. The number of hydrogen-bond donors (Lipinski definition) is 1. The number of carbonyl (C=O) groups excluding carboxylic acids is 2. The van der Waals surface area contributed by atoms with Gasteiger partial charge in [-0.1, -0.05) is 13.0 Å². The van der Waals surface area contributed by atoms with Gasteiger partial charge in [0.2, 0.25) is 11.9 Å². The van der Waals surface area contributed by atoms with Crippen molar-refractivity contribution in [2.75, 3.05) is 14.2 Å². The highest BCUT2D eigenvalue weighted by Crippen LogP contribution is 2.33. The van der Waals surface area contributed by atoms with Crippen LogP contribution < -0.4 is 14.8 Å². The Labute approximate surface area is 190 Å². The minimum atomic E-state index is -0.683. The van der Waals surface area contributed by atoms with Crippen molar-refractivity contribution in [2.45, 2.75) is 71.1 Å². The molecule has 1 heterocycles. The van der Waals surface area contributed by atoms with Crippen molar-refractivity contribution in [1.29, 1.82) is 0 Å².